The van der Waals surface area contributed by atoms with E-state index >= 15 is 0 Å². The van der Waals surface area contributed by atoms with Crippen molar-refractivity contribution in [3.8, 4) is 0 Å². The van der Waals surface area contributed by atoms with Crippen molar-refractivity contribution in [2.75, 3.05) is 0 Å². The molecule has 0 heterocycles. The lowest BCUT2D eigenvalue weighted by atomic mass is 9.86. The molecular formula is C22H30F2. The number of rotatable bonds is 10. The van der Waals surface area contributed by atoms with E-state index in [4.69, 9.17) is 0 Å². The number of halogens is 2. The molecular weight excluding hydrogens is 302 g/mol. The first-order valence-corrected chi connectivity index (χ1v) is 9.47. The highest BCUT2D eigenvalue weighted by molar-refractivity contribution is 5.77. The molecule has 0 nitrogen and oxygen atoms in total. The van der Waals surface area contributed by atoms with Gasteiger partial charge in [0.1, 0.15) is 11.5 Å². The molecule has 0 N–H and O–H groups in total. The first kappa shape index (κ1) is 18.9. The van der Waals surface area contributed by atoms with Crippen LogP contribution < -0.4 is 0 Å². The zero-order chi connectivity index (χ0) is 17.3. The summed E-state index contributed by atoms with van der Waals surface area (Å²) in [6.45, 7) is 2.22. The van der Waals surface area contributed by atoms with Gasteiger partial charge in [0.2, 0.25) is 0 Å². The van der Waals surface area contributed by atoms with Crippen molar-refractivity contribution in [1.82, 2.24) is 0 Å². The number of alkyl halides is 1. The normalized spacial score (nSPS) is 20.6. The van der Waals surface area contributed by atoms with Gasteiger partial charge >= 0.3 is 0 Å². The fraction of sp³-hybridized carbons (Fsp3) is 0.545. The highest BCUT2D eigenvalue weighted by atomic mass is 19.1. The second-order valence-electron chi connectivity index (χ2n) is 6.95. The van der Waals surface area contributed by atoms with Gasteiger partial charge in [-0.3, -0.25) is 0 Å². The standard InChI is InChI=1S/C22H30F2/c1-2-3-4-5-6-7-8-12-16-22(24)17-15-20(21(23)18-22)19-13-10-9-11-14-19/h9-11,13-15,17H,2-8,12,16,18H2,1H3. The molecule has 1 aromatic rings. The maximum atomic E-state index is 14.8. The van der Waals surface area contributed by atoms with Crippen molar-refractivity contribution < 1.29 is 8.78 Å². The van der Waals surface area contributed by atoms with Gasteiger partial charge in [0.05, 0.1) is 0 Å². The predicted molar refractivity (Wildman–Crippen MR) is 99.3 cm³/mol. The Morgan fingerprint density at radius 2 is 1.54 bits per heavy atom. The van der Waals surface area contributed by atoms with E-state index in [2.05, 4.69) is 6.92 Å². The Kier molecular flexibility index (Phi) is 7.68. The number of unbranched alkanes of at least 4 members (excludes halogenated alkanes) is 7. The predicted octanol–water partition coefficient (Wildman–Crippen LogP) is 7.57. The summed E-state index contributed by atoms with van der Waals surface area (Å²) in [5.74, 6) is -0.328. The van der Waals surface area contributed by atoms with E-state index in [9.17, 15) is 8.78 Å². The smallest absolute Gasteiger partial charge is 0.135 e. The number of allylic oxidation sites excluding steroid dienone is 4. The average Bonchev–Trinajstić information content (AvgIpc) is 2.58. The Labute approximate surface area is 145 Å². The second-order valence-corrected chi connectivity index (χ2v) is 6.95. The van der Waals surface area contributed by atoms with Crippen LogP contribution in [0, 0.1) is 0 Å². The molecule has 24 heavy (non-hydrogen) atoms. The number of hydrogen-bond acceptors (Lipinski definition) is 0. The van der Waals surface area contributed by atoms with Crippen LogP contribution in [0.3, 0.4) is 0 Å². The fourth-order valence-electron chi connectivity index (χ4n) is 3.33. The molecule has 0 saturated heterocycles. The van der Waals surface area contributed by atoms with Crippen LogP contribution in [-0.4, -0.2) is 5.67 Å². The minimum atomic E-state index is -1.51. The molecule has 0 fully saturated rings. The molecule has 132 valence electrons. The molecule has 0 saturated carbocycles. The van der Waals surface area contributed by atoms with Crippen molar-refractivity contribution >= 4 is 5.57 Å². The first-order valence-electron chi connectivity index (χ1n) is 9.47. The van der Waals surface area contributed by atoms with Gasteiger partial charge in [0, 0.05) is 12.0 Å². The summed E-state index contributed by atoms with van der Waals surface area (Å²) in [7, 11) is 0. The molecule has 1 unspecified atom stereocenters. The zero-order valence-electron chi connectivity index (χ0n) is 14.9. The van der Waals surface area contributed by atoms with Crippen LogP contribution in [0.2, 0.25) is 0 Å². The third-order valence-corrected chi connectivity index (χ3v) is 4.82. The van der Waals surface area contributed by atoms with E-state index in [1.165, 1.54) is 32.1 Å². The molecule has 1 aliphatic rings. The van der Waals surface area contributed by atoms with Crippen LogP contribution in [0.5, 0.6) is 0 Å². The zero-order valence-corrected chi connectivity index (χ0v) is 14.9. The largest absolute Gasteiger partial charge is 0.239 e. The van der Waals surface area contributed by atoms with E-state index in [0.29, 0.717) is 12.0 Å². The van der Waals surface area contributed by atoms with Gasteiger partial charge in [-0.1, -0.05) is 88.3 Å². The molecule has 0 spiro atoms. The Morgan fingerprint density at radius 3 is 2.17 bits per heavy atom. The molecule has 2 heteroatoms. The molecule has 1 aromatic carbocycles. The lowest BCUT2D eigenvalue weighted by Gasteiger charge is -2.25. The molecule has 0 radical (unpaired) electrons. The minimum absolute atomic E-state index is 0.121. The number of benzene rings is 1. The van der Waals surface area contributed by atoms with Crippen LogP contribution >= 0.6 is 0 Å². The van der Waals surface area contributed by atoms with E-state index < -0.39 is 5.67 Å². The van der Waals surface area contributed by atoms with Gasteiger partial charge in [0.15, 0.2) is 0 Å². The molecule has 2 rings (SSSR count). The topological polar surface area (TPSA) is 0 Å². The van der Waals surface area contributed by atoms with Crippen molar-refractivity contribution in [1.29, 1.82) is 0 Å². The highest BCUT2D eigenvalue weighted by Crippen LogP contribution is 2.38. The summed E-state index contributed by atoms with van der Waals surface area (Å²) in [6.07, 6.45) is 13.0. The average molecular weight is 332 g/mol. The summed E-state index contributed by atoms with van der Waals surface area (Å²) in [5, 5.41) is 0. The van der Waals surface area contributed by atoms with E-state index in [1.54, 1.807) is 12.2 Å². The maximum Gasteiger partial charge on any atom is 0.135 e. The van der Waals surface area contributed by atoms with Crippen LogP contribution in [0.4, 0.5) is 8.78 Å². The first-order chi connectivity index (χ1) is 11.6. The molecule has 0 aromatic heterocycles. The van der Waals surface area contributed by atoms with Crippen molar-refractivity contribution in [2.45, 2.75) is 76.8 Å². The summed E-state index contributed by atoms with van der Waals surface area (Å²) in [5.41, 5.74) is -0.162. The van der Waals surface area contributed by atoms with Gasteiger partial charge in [-0.25, -0.2) is 8.78 Å². The van der Waals surface area contributed by atoms with Gasteiger partial charge in [-0.2, -0.15) is 0 Å². The third kappa shape index (κ3) is 5.89. The second kappa shape index (κ2) is 9.76. The van der Waals surface area contributed by atoms with Crippen LogP contribution in [0.15, 0.2) is 48.3 Å². The van der Waals surface area contributed by atoms with Crippen molar-refractivity contribution in [3.63, 3.8) is 0 Å². The Balaban J connectivity index is 1.74. The lowest BCUT2D eigenvalue weighted by Crippen LogP contribution is -2.22. The quantitative estimate of drug-likeness (QED) is 0.388. The molecule has 1 atom stereocenters. The van der Waals surface area contributed by atoms with Gasteiger partial charge < -0.3 is 0 Å². The van der Waals surface area contributed by atoms with Crippen LogP contribution in [-0.2, 0) is 0 Å². The molecule has 0 amide bonds. The summed E-state index contributed by atoms with van der Waals surface area (Å²) in [4.78, 5) is 0. The molecule has 0 aliphatic heterocycles. The Morgan fingerprint density at radius 1 is 0.917 bits per heavy atom. The third-order valence-electron chi connectivity index (χ3n) is 4.82. The van der Waals surface area contributed by atoms with Crippen LogP contribution in [0.1, 0.15) is 76.7 Å². The van der Waals surface area contributed by atoms with Crippen molar-refractivity contribution in [2.24, 2.45) is 0 Å². The lowest BCUT2D eigenvalue weighted by molar-refractivity contribution is 0.194. The van der Waals surface area contributed by atoms with E-state index in [0.717, 1.165) is 24.8 Å². The van der Waals surface area contributed by atoms with E-state index in [1.807, 2.05) is 30.3 Å². The minimum Gasteiger partial charge on any atom is -0.239 e. The fourth-order valence-corrected chi connectivity index (χ4v) is 3.33. The maximum absolute atomic E-state index is 14.8. The Bertz CT molecular complexity index is 544. The summed E-state index contributed by atoms with van der Waals surface area (Å²) in [6, 6.07) is 9.38. The summed E-state index contributed by atoms with van der Waals surface area (Å²) >= 11 is 0. The monoisotopic (exact) mass is 332 g/mol. The summed E-state index contributed by atoms with van der Waals surface area (Å²) < 4.78 is 29.2. The van der Waals surface area contributed by atoms with Crippen LogP contribution in [0.25, 0.3) is 5.57 Å². The molecule has 0 bridgehead atoms. The van der Waals surface area contributed by atoms with Gasteiger partial charge in [-0.15, -0.1) is 0 Å². The highest BCUT2D eigenvalue weighted by Gasteiger charge is 2.31. The Hall–Kier alpha value is -1.44. The molecule has 1 aliphatic carbocycles. The van der Waals surface area contributed by atoms with Crippen molar-refractivity contribution in [3.05, 3.63) is 53.9 Å². The SMILES string of the molecule is CCCCCCCCCCC1(F)C=CC(c2ccccc2)=C(F)C1. The van der Waals surface area contributed by atoms with E-state index in [-0.39, 0.29) is 12.2 Å². The van der Waals surface area contributed by atoms with Gasteiger partial charge in [0.25, 0.3) is 0 Å². The van der Waals surface area contributed by atoms with Gasteiger partial charge in [-0.05, 0) is 24.5 Å². The number of hydrogen-bond donors (Lipinski definition) is 0.